The molecular formula is C13H24O3. The molecule has 1 rings (SSSR count). The summed E-state index contributed by atoms with van der Waals surface area (Å²) in [6, 6.07) is 0. The summed E-state index contributed by atoms with van der Waals surface area (Å²) in [7, 11) is 0. The van der Waals surface area contributed by atoms with E-state index in [2.05, 4.69) is 13.5 Å². The summed E-state index contributed by atoms with van der Waals surface area (Å²) >= 11 is 0. The van der Waals surface area contributed by atoms with E-state index in [1.807, 2.05) is 6.92 Å². The Kier molecular flexibility index (Phi) is 7.06. The zero-order chi connectivity index (χ0) is 12.7. The number of carboxylic acid groups (broad SMARTS) is 1. The lowest BCUT2D eigenvalue weighted by Gasteiger charge is -2.31. The molecule has 1 aliphatic carbocycles. The van der Waals surface area contributed by atoms with Crippen LogP contribution in [-0.4, -0.2) is 22.3 Å². The van der Waals surface area contributed by atoms with Crippen molar-refractivity contribution in [3.8, 4) is 0 Å². The van der Waals surface area contributed by atoms with E-state index >= 15 is 0 Å². The summed E-state index contributed by atoms with van der Waals surface area (Å²) in [4.78, 5) is 9.37. The van der Waals surface area contributed by atoms with Crippen LogP contribution in [0.15, 0.2) is 12.2 Å². The maximum atomic E-state index is 9.65. The maximum absolute atomic E-state index is 9.65. The smallest absolute Gasteiger partial charge is 0.303 e. The van der Waals surface area contributed by atoms with Gasteiger partial charge in [-0.15, -0.1) is 0 Å². The van der Waals surface area contributed by atoms with Gasteiger partial charge in [0.1, 0.15) is 0 Å². The summed E-state index contributed by atoms with van der Waals surface area (Å²) in [6.45, 7) is 9.72. The number of hydrogen-bond donors (Lipinski definition) is 2. The van der Waals surface area contributed by atoms with Crippen LogP contribution in [0.5, 0.6) is 0 Å². The zero-order valence-electron chi connectivity index (χ0n) is 10.6. The molecule has 16 heavy (non-hydrogen) atoms. The van der Waals surface area contributed by atoms with Gasteiger partial charge in [-0.25, -0.2) is 0 Å². The van der Waals surface area contributed by atoms with Crippen molar-refractivity contribution in [1.29, 1.82) is 0 Å². The van der Waals surface area contributed by atoms with Gasteiger partial charge in [0, 0.05) is 12.3 Å². The third-order valence-corrected chi connectivity index (χ3v) is 3.01. The standard InChI is InChI=1S/C10H18O.C3H6O2/c1-7(2)9-5-4-8(3)6-10(9)11;1-2-3(4)5/h8-11H,1,4-6H2,2-3H3;2H2,1H3,(H,4,5). The van der Waals surface area contributed by atoms with Crippen molar-refractivity contribution in [1.82, 2.24) is 0 Å². The number of rotatable bonds is 2. The molecule has 0 radical (unpaired) electrons. The molecule has 3 heteroatoms. The van der Waals surface area contributed by atoms with Crippen molar-refractivity contribution in [3.05, 3.63) is 12.2 Å². The third kappa shape index (κ3) is 5.91. The Balaban J connectivity index is 0.000000385. The number of carbonyl (C=O) groups is 1. The zero-order valence-corrected chi connectivity index (χ0v) is 10.6. The van der Waals surface area contributed by atoms with Crippen molar-refractivity contribution in [2.45, 2.75) is 52.6 Å². The molecule has 0 bridgehead atoms. The molecule has 0 aromatic rings. The highest BCUT2D eigenvalue weighted by atomic mass is 16.4. The van der Waals surface area contributed by atoms with Gasteiger partial charge < -0.3 is 10.2 Å². The van der Waals surface area contributed by atoms with Crippen molar-refractivity contribution >= 4 is 5.97 Å². The molecule has 0 amide bonds. The minimum absolute atomic E-state index is 0.128. The number of hydrogen-bond acceptors (Lipinski definition) is 2. The fraction of sp³-hybridized carbons (Fsp3) is 0.769. The molecule has 1 aliphatic rings. The minimum Gasteiger partial charge on any atom is -0.481 e. The summed E-state index contributed by atoms with van der Waals surface area (Å²) in [6.07, 6.45) is 3.42. The monoisotopic (exact) mass is 228 g/mol. The summed E-state index contributed by atoms with van der Waals surface area (Å²) in [5, 5.41) is 17.4. The fourth-order valence-corrected chi connectivity index (χ4v) is 1.93. The van der Waals surface area contributed by atoms with Gasteiger partial charge in [-0.1, -0.05) is 26.0 Å². The number of aliphatic hydroxyl groups excluding tert-OH is 1. The topological polar surface area (TPSA) is 57.5 Å². The van der Waals surface area contributed by atoms with Crippen molar-refractivity contribution in [2.24, 2.45) is 11.8 Å². The van der Waals surface area contributed by atoms with Crippen LogP contribution in [0, 0.1) is 11.8 Å². The molecule has 3 nitrogen and oxygen atoms in total. The predicted molar refractivity (Wildman–Crippen MR) is 65.3 cm³/mol. The average Bonchev–Trinajstić information content (AvgIpc) is 2.17. The van der Waals surface area contributed by atoms with Crippen LogP contribution in [0.25, 0.3) is 0 Å². The van der Waals surface area contributed by atoms with Crippen LogP contribution in [0.1, 0.15) is 46.5 Å². The van der Waals surface area contributed by atoms with Crippen LogP contribution in [0.4, 0.5) is 0 Å². The molecule has 1 fully saturated rings. The maximum Gasteiger partial charge on any atom is 0.303 e. The molecule has 0 spiro atoms. The Labute approximate surface area is 98.2 Å². The molecule has 0 saturated heterocycles. The van der Waals surface area contributed by atoms with Crippen molar-refractivity contribution in [3.63, 3.8) is 0 Å². The van der Waals surface area contributed by atoms with Gasteiger partial charge in [-0.05, 0) is 32.1 Å². The van der Waals surface area contributed by atoms with E-state index in [1.54, 1.807) is 6.92 Å². The third-order valence-electron chi connectivity index (χ3n) is 3.01. The average molecular weight is 228 g/mol. The van der Waals surface area contributed by atoms with E-state index in [1.165, 1.54) is 6.42 Å². The lowest BCUT2D eigenvalue weighted by molar-refractivity contribution is -0.136. The van der Waals surface area contributed by atoms with E-state index in [-0.39, 0.29) is 12.5 Å². The Morgan fingerprint density at radius 3 is 2.25 bits per heavy atom. The summed E-state index contributed by atoms with van der Waals surface area (Å²) < 4.78 is 0. The van der Waals surface area contributed by atoms with Gasteiger partial charge in [0.25, 0.3) is 0 Å². The highest BCUT2D eigenvalue weighted by Crippen LogP contribution is 2.32. The van der Waals surface area contributed by atoms with E-state index < -0.39 is 5.97 Å². The Morgan fingerprint density at radius 1 is 1.44 bits per heavy atom. The summed E-state index contributed by atoms with van der Waals surface area (Å²) in [5.74, 6) is 0.316. The number of aliphatic carboxylic acids is 1. The van der Waals surface area contributed by atoms with Crippen LogP contribution in [0.3, 0.4) is 0 Å². The molecule has 3 unspecified atom stereocenters. The SMILES string of the molecule is C=C(C)C1CCC(C)CC1O.CCC(=O)O. The van der Waals surface area contributed by atoms with Gasteiger partial charge in [-0.2, -0.15) is 0 Å². The highest BCUT2D eigenvalue weighted by molar-refractivity contribution is 5.66. The lowest BCUT2D eigenvalue weighted by Crippen LogP contribution is -2.28. The first-order chi connectivity index (χ1) is 7.38. The molecule has 3 atom stereocenters. The molecule has 2 N–H and O–H groups in total. The Hall–Kier alpha value is -0.830. The van der Waals surface area contributed by atoms with Gasteiger partial charge in [-0.3, -0.25) is 4.79 Å². The van der Waals surface area contributed by atoms with Crippen molar-refractivity contribution in [2.75, 3.05) is 0 Å². The molecule has 0 aromatic carbocycles. The Bertz CT molecular complexity index is 235. The van der Waals surface area contributed by atoms with E-state index in [0.717, 1.165) is 18.4 Å². The largest absolute Gasteiger partial charge is 0.481 e. The van der Waals surface area contributed by atoms with Gasteiger partial charge >= 0.3 is 5.97 Å². The quantitative estimate of drug-likeness (QED) is 0.714. The highest BCUT2D eigenvalue weighted by Gasteiger charge is 2.26. The van der Waals surface area contributed by atoms with Gasteiger partial charge in [0.15, 0.2) is 0 Å². The second-order valence-electron chi connectivity index (χ2n) is 4.69. The molecule has 94 valence electrons. The first-order valence-electron chi connectivity index (χ1n) is 5.93. The van der Waals surface area contributed by atoms with E-state index in [9.17, 15) is 9.90 Å². The first kappa shape index (κ1) is 15.2. The predicted octanol–water partition coefficient (Wildman–Crippen LogP) is 2.84. The number of carboxylic acids is 1. The molecule has 1 saturated carbocycles. The normalized spacial score (nSPS) is 28.9. The van der Waals surface area contributed by atoms with Gasteiger partial charge in [0.05, 0.1) is 6.10 Å². The van der Waals surface area contributed by atoms with E-state index in [0.29, 0.717) is 11.8 Å². The molecule has 0 heterocycles. The van der Waals surface area contributed by atoms with E-state index in [4.69, 9.17) is 5.11 Å². The lowest BCUT2D eigenvalue weighted by atomic mass is 9.78. The molecule has 0 aromatic heterocycles. The van der Waals surface area contributed by atoms with Crippen LogP contribution in [-0.2, 0) is 4.79 Å². The second kappa shape index (κ2) is 7.44. The first-order valence-corrected chi connectivity index (χ1v) is 5.93. The summed E-state index contributed by atoms with van der Waals surface area (Å²) in [5.41, 5.74) is 1.14. The minimum atomic E-state index is -0.745. The van der Waals surface area contributed by atoms with Crippen LogP contribution >= 0.6 is 0 Å². The van der Waals surface area contributed by atoms with Crippen molar-refractivity contribution < 1.29 is 15.0 Å². The second-order valence-corrected chi connectivity index (χ2v) is 4.69. The van der Waals surface area contributed by atoms with Gasteiger partial charge in [0.2, 0.25) is 0 Å². The van der Waals surface area contributed by atoms with Crippen LogP contribution in [0.2, 0.25) is 0 Å². The molecule has 0 aliphatic heterocycles. The number of aliphatic hydroxyl groups is 1. The molecular weight excluding hydrogens is 204 g/mol. The fourth-order valence-electron chi connectivity index (χ4n) is 1.93. The van der Waals surface area contributed by atoms with Crippen LogP contribution < -0.4 is 0 Å². The Morgan fingerprint density at radius 2 is 1.94 bits per heavy atom.